The molecule has 0 aromatic carbocycles. The minimum absolute atomic E-state index is 0.0265. The molecule has 1 heterocycles. The summed E-state index contributed by atoms with van der Waals surface area (Å²) < 4.78 is 30.3. The first-order valence-corrected chi connectivity index (χ1v) is 6.97. The molecule has 0 bridgehead atoms. The summed E-state index contributed by atoms with van der Waals surface area (Å²) in [5.74, 6) is 0.0993. The number of rotatable bonds is 5. The van der Waals surface area contributed by atoms with Crippen LogP contribution in [0.5, 0.6) is 0 Å². The van der Waals surface area contributed by atoms with Gasteiger partial charge in [0.25, 0.3) is 0 Å². The van der Waals surface area contributed by atoms with E-state index in [1.54, 1.807) is 0 Å². The molecule has 0 spiro atoms. The number of nitrogens with one attached hydrogen (secondary N) is 1. The van der Waals surface area contributed by atoms with Crippen LogP contribution in [0.3, 0.4) is 0 Å². The average molecular weight is 242 g/mol. The Morgan fingerprint density at radius 2 is 2.21 bits per heavy atom. The summed E-state index contributed by atoms with van der Waals surface area (Å²) in [4.78, 5) is 0. The van der Waals surface area contributed by atoms with Gasteiger partial charge in [-0.2, -0.15) is 0 Å². The number of ether oxygens (including phenoxy) is 1. The number of hydrogen-bond acceptors (Lipinski definition) is 3. The minimum Gasteiger partial charge on any atom is -0.377 e. The molecule has 14 heavy (non-hydrogen) atoms. The molecule has 0 amide bonds. The van der Waals surface area contributed by atoms with E-state index in [1.807, 2.05) is 0 Å². The smallest absolute Gasteiger partial charge is 0.212 e. The lowest BCUT2D eigenvalue weighted by Gasteiger charge is -2.22. The van der Waals surface area contributed by atoms with Crippen molar-refractivity contribution in [3.05, 3.63) is 0 Å². The molecule has 1 rings (SSSR count). The summed E-state index contributed by atoms with van der Waals surface area (Å²) >= 11 is 5.36. The standard InChI is InChI=1S/C8H16ClNO3S/c9-4-6-14(11,12)10-7-8-3-1-2-5-13-8/h8,10H,1-7H2. The van der Waals surface area contributed by atoms with Crippen molar-refractivity contribution in [3.8, 4) is 0 Å². The second-order valence-corrected chi connectivity index (χ2v) is 5.65. The molecule has 6 heteroatoms. The molecule has 0 aromatic rings. The van der Waals surface area contributed by atoms with Crippen molar-refractivity contribution in [2.75, 3.05) is 24.8 Å². The van der Waals surface area contributed by atoms with Gasteiger partial charge in [-0.1, -0.05) is 0 Å². The zero-order chi connectivity index (χ0) is 10.4. The fourth-order valence-electron chi connectivity index (χ4n) is 1.36. The maximum atomic E-state index is 11.2. The third-order valence-electron chi connectivity index (χ3n) is 2.15. The van der Waals surface area contributed by atoms with Gasteiger partial charge in [-0.05, 0) is 19.3 Å². The average Bonchev–Trinajstić information content (AvgIpc) is 2.17. The molecule has 1 saturated heterocycles. The Balaban J connectivity index is 2.24. The lowest BCUT2D eigenvalue weighted by atomic mass is 10.1. The van der Waals surface area contributed by atoms with E-state index in [-0.39, 0.29) is 17.7 Å². The predicted octanol–water partition coefficient (Wildman–Crippen LogP) is 0.714. The molecule has 84 valence electrons. The number of halogens is 1. The van der Waals surface area contributed by atoms with Crippen molar-refractivity contribution in [1.82, 2.24) is 4.72 Å². The van der Waals surface area contributed by atoms with Gasteiger partial charge < -0.3 is 4.74 Å². The highest BCUT2D eigenvalue weighted by molar-refractivity contribution is 7.89. The van der Waals surface area contributed by atoms with Gasteiger partial charge in [0.15, 0.2) is 0 Å². The van der Waals surface area contributed by atoms with Gasteiger partial charge in [0.2, 0.25) is 10.0 Å². The first-order valence-electron chi connectivity index (χ1n) is 4.79. The molecule has 1 atom stereocenters. The molecule has 1 N–H and O–H groups in total. The summed E-state index contributed by atoms with van der Waals surface area (Å²) in [5.41, 5.74) is 0. The van der Waals surface area contributed by atoms with E-state index >= 15 is 0 Å². The van der Waals surface area contributed by atoms with Crippen LogP contribution in [0.25, 0.3) is 0 Å². The highest BCUT2D eigenvalue weighted by Crippen LogP contribution is 2.11. The first-order chi connectivity index (χ1) is 6.64. The van der Waals surface area contributed by atoms with E-state index in [1.165, 1.54) is 0 Å². The van der Waals surface area contributed by atoms with Crippen LogP contribution >= 0.6 is 11.6 Å². The molecule has 1 aliphatic heterocycles. The van der Waals surface area contributed by atoms with Crippen molar-refractivity contribution in [2.24, 2.45) is 0 Å². The summed E-state index contributed by atoms with van der Waals surface area (Å²) in [6, 6.07) is 0. The summed E-state index contributed by atoms with van der Waals surface area (Å²) in [5, 5.41) is 0. The largest absolute Gasteiger partial charge is 0.377 e. The van der Waals surface area contributed by atoms with Crippen molar-refractivity contribution in [1.29, 1.82) is 0 Å². The van der Waals surface area contributed by atoms with E-state index in [4.69, 9.17) is 16.3 Å². The van der Waals surface area contributed by atoms with Crippen LogP contribution < -0.4 is 4.72 Å². The number of alkyl halides is 1. The molecule has 0 saturated carbocycles. The van der Waals surface area contributed by atoms with Crippen LogP contribution in [0.2, 0.25) is 0 Å². The molecule has 0 radical (unpaired) electrons. The van der Waals surface area contributed by atoms with E-state index in [0.29, 0.717) is 6.54 Å². The SMILES string of the molecule is O=S(=O)(CCCl)NCC1CCCCO1. The van der Waals surface area contributed by atoms with Gasteiger partial charge in [-0.3, -0.25) is 0 Å². The molecule has 0 aromatic heterocycles. The zero-order valence-corrected chi connectivity index (χ0v) is 9.61. The monoisotopic (exact) mass is 241 g/mol. The molecule has 1 unspecified atom stereocenters. The molecular formula is C8H16ClNO3S. The maximum Gasteiger partial charge on any atom is 0.212 e. The van der Waals surface area contributed by atoms with Crippen LogP contribution in [0, 0.1) is 0 Å². The topological polar surface area (TPSA) is 55.4 Å². The molecule has 0 aliphatic carbocycles. The van der Waals surface area contributed by atoms with Crippen LogP contribution in [0.15, 0.2) is 0 Å². The second-order valence-electron chi connectivity index (χ2n) is 3.34. The van der Waals surface area contributed by atoms with E-state index in [9.17, 15) is 8.42 Å². The van der Waals surface area contributed by atoms with Crippen molar-refractivity contribution >= 4 is 21.6 Å². The molecular weight excluding hydrogens is 226 g/mol. The van der Waals surface area contributed by atoms with Crippen molar-refractivity contribution in [2.45, 2.75) is 25.4 Å². The maximum absolute atomic E-state index is 11.2. The van der Waals surface area contributed by atoms with Crippen LogP contribution in [-0.4, -0.2) is 39.3 Å². The normalized spacial score (nSPS) is 23.6. The Labute approximate surface area is 90.0 Å². The minimum atomic E-state index is -3.19. The highest BCUT2D eigenvalue weighted by atomic mass is 35.5. The fourth-order valence-corrected chi connectivity index (χ4v) is 2.76. The quantitative estimate of drug-likeness (QED) is 0.722. The number of hydrogen-bond donors (Lipinski definition) is 1. The first kappa shape index (κ1) is 12.2. The Morgan fingerprint density at radius 3 is 2.79 bits per heavy atom. The Kier molecular flexibility index (Phi) is 5.15. The summed E-state index contributed by atoms with van der Waals surface area (Å²) in [6.07, 6.45) is 3.16. The third-order valence-corrected chi connectivity index (χ3v) is 3.91. The highest BCUT2D eigenvalue weighted by Gasteiger charge is 2.16. The second kappa shape index (κ2) is 5.90. The predicted molar refractivity (Wildman–Crippen MR) is 56.1 cm³/mol. The van der Waals surface area contributed by atoms with Crippen LogP contribution in [0.1, 0.15) is 19.3 Å². The van der Waals surface area contributed by atoms with Crippen LogP contribution in [-0.2, 0) is 14.8 Å². The molecule has 1 aliphatic rings. The van der Waals surface area contributed by atoms with Gasteiger partial charge >= 0.3 is 0 Å². The van der Waals surface area contributed by atoms with Crippen LogP contribution in [0.4, 0.5) is 0 Å². The zero-order valence-electron chi connectivity index (χ0n) is 8.04. The van der Waals surface area contributed by atoms with Gasteiger partial charge in [-0.25, -0.2) is 13.1 Å². The summed E-state index contributed by atoms with van der Waals surface area (Å²) in [7, 11) is -3.19. The van der Waals surface area contributed by atoms with E-state index < -0.39 is 10.0 Å². The molecule has 1 fully saturated rings. The van der Waals surface area contributed by atoms with Crippen molar-refractivity contribution < 1.29 is 13.2 Å². The molecule has 4 nitrogen and oxygen atoms in total. The Bertz CT molecular complexity index is 249. The lowest BCUT2D eigenvalue weighted by molar-refractivity contribution is 0.0200. The Hall–Kier alpha value is 0.160. The Morgan fingerprint density at radius 1 is 1.43 bits per heavy atom. The third kappa shape index (κ3) is 4.59. The van der Waals surface area contributed by atoms with Gasteiger partial charge in [0.05, 0.1) is 11.9 Å². The van der Waals surface area contributed by atoms with Gasteiger partial charge in [0, 0.05) is 19.0 Å². The van der Waals surface area contributed by atoms with Gasteiger partial charge in [-0.15, -0.1) is 11.6 Å². The number of sulfonamides is 1. The lowest BCUT2D eigenvalue weighted by Crippen LogP contribution is -2.36. The van der Waals surface area contributed by atoms with E-state index in [0.717, 1.165) is 25.9 Å². The van der Waals surface area contributed by atoms with Gasteiger partial charge in [0.1, 0.15) is 0 Å². The summed E-state index contributed by atoms with van der Waals surface area (Å²) in [6.45, 7) is 1.11. The van der Waals surface area contributed by atoms with E-state index in [2.05, 4.69) is 4.72 Å². The van der Waals surface area contributed by atoms with Crippen molar-refractivity contribution in [3.63, 3.8) is 0 Å². The fraction of sp³-hybridized carbons (Fsp3) is 1.00.